The predicted molar refractivity (Wildman–Crippen MR) is 80.3 cm³/mol. The summed E-state index contributed by atoms with van der Waals surface area (Å²) < 4.78 is 6.15. The molecule has 7 heteroatoms. The van der Waals surface area contributed by atoms with E-state index >= 15 is 0 Å². The third kappa shape index (κ3) is 2.79. The molecule has 3 atom stereocenters. The monoisotopic (exact) mass is 311 g/mol. The number of piperidine rings is 1. The smallest absolute Gasteiger partial charge is 0.274 e. The average molecular weight is 311 g/mol. The van der Waals surface area contributed by atoms with Gasteiger partial charge in [-0.1, -0.05) is 0 Å². The number of fused-ring (bicyclic) bond motifs is 1. The molecule has 23 heavy (non-hydrogen) atoms. The van der Waals surface area contributed by atoms with Gasteiger partial charge in [-0.2, -0.15) is 0 Å². The minimum absolute atomic E-state index is 0.000399. The van der Waals surface area contributed by atoms with Crippen molar-refractivity contribution in [3.63, 3.8) is 0 Å². The summed E-state index contributed by atoms with van der Waals surface area (Å²) >= 11 is 0. The maximum atomic E-state index is 12.5. The Morgan fingerprint density at radius 2 is 2.17 bits per heavy atom. The van der Waals surface area contributed by atoms with Gasteiger partial charge in [0, 0.05) is 31.7 Å². The van der Waals surface area contributed by atoms with E-state index in [1.54, 1.807) is 18.7 Å². The topological polar surface area (TPSA) is 81.1 Å². The fraction of sp³-hybridized carbons (Fsp3) is 0.438. The van der Waals surface area contributed by atoms with Gasteiger partial charge in [0.2, 0.25) is 0 Å². The molecule has 2 aliphatic heterocycles. The van der Waals surface area contributed by atoms with Crippen LogP contribution in [0, 0.1) is 5.92 Å². The molecule has 2 fully saturated rings. The van der Waals surface area contributed by atoms with Gasteiger partial charge in [-0.3, -0.25) is 9.78 Å². The summed E-state index contributed by atoms with van der Waals surface area (Å²) in [5.74, 6) is 0.395. The van der Waals surface area contributed by atoms with E-state index in [4.69, 9.17) is 4.74 Å². The van der Waals surface area contributed by atoms with Gasteiger partial charge in [-0.25, -0.2) is 15.0 Å². The Bertz CT molecular complexity index is 681. The van der Waals surface area contributed by atoms with Crippen molar-refractivity contribution >= 4 is 5.91 Å². The highest BCUT2D eigenvalue weighted by Gasteiger charge is 2.41. The highest BCUT2D eigenvalue weighted by atomic mass is 16.5. The van der Waals surface area contributed by atoms with E-state index in [1.807, 2.05) is 11.0 Å². The summed E-state index contributed by atoms with van der Waals surface area (Å²) in [6.07, 6.45) is 9.85. The second kappa shape index (κ2) is 6.00. The zero-order valence-corrected chi connectivity index (χ0v) is 12.6. The van der Waals surface area contributed by atoms with E-state index in [0.717, 1.165) is 25.1 Å². The predicted octanol–water partition coefficient (Wildman–Crippen LogP) is 1.26. The van der Waals surface area contributed by atoms with Gasteiger partial charge in [0.15, 0.2) is 0 Å². The SMILES string of the molecule is O=C(c1cnccn1)N1CC[C@H]2C[C@H](c3ccncn3)O[C@@H]2C1. The Morgan fingerprint density at radius 3 is 2.96 bits per heavy atom. The van der Waals surface area contributed by atoms with Crippen LogP contribution in [0.2, 0.25) is 0 Å². The van der Waals surface area contributed by atoms with E-state index in [-0.39, 0.29) is 18.1 Å². The lowest BCUT2D eigenvalue weighted by Crippen LogP contribution is -2.45. The largest absolute Gasteiger partial charge is 0.367 e. The molecular weight excluding hydrogens is 294 g/mol. The highest BCUT2D eigenvalue weighted by Crippen LogP contribution is 2.40. The number of ether oxygens (including phenoxy) is 1. The van der Waals surface area contributed by atoms with Crippen molar-refractivity contribution in [3.05, 3.63) is 48.6 Å². The summed E-state index contributed by atoms with van der Waals surface area (Å²) in [5, 5.41) is 0. The molecule has 0 N–H and O–H groups in total. The number of hydrogen-bond acceptors (Lipinski definition) is 6. The van der Waals surface area contributed by atoms with Crippen LogP contribution in [-0.4, -0.2) is 49.9 Å². The molecule has 0 saturated carbocycles. The summed E-state index contributed by atoms with van der Waals surface area (Å²) in [7, 11) is 0. The van der Waals surface area contributed by atoms with E-state index < -0.39 is 0 Å². The van der Waals surface area contributed by atoms with E-state index in [1.165, 1.54) is 12.4 Å². The van der Waals surface area contributed by atoms with Gasteiger partial charge in [0.1, 0.15) is 18.1 Å². The van der Waals surface area contributed by atoms with Crippen molar-refractivity contribution in [2.24, 2.45) is 5.92 Å². The first-order chi connectivity index (χ1) is 11.3. The first-order valence-electron chi connectivity index (χ1n) is 7.78. The Labute approximate surface area is 133 Å². The molecule has 7 nitrogen and oxygen atoms in total. The summed E-state index contributed by atoms with van der Waals surface area (Å²) in [5.41, 5.74) is 1.30. The Morgan fingerprint density at radius 1 is 1.22 bits per heavy atom. The van der Waals surface area contributed by atoms with Gasteiger partial charge >= 0.3 is 0 Å². The second-order valence-electron chi connectivity index (χ2n) is 5.92. The first-order valence-corrected chi connectivity index (χ1v) is 7.78. The average Bonchev–Trinajstić information content (AvgIpc) is 3.06. The van der Waals surface area contributed by atoms with E-state index in [2.05, 4.69) is 19.9 Å². The molecule has 0 aliphatic carbocycles. The molecule has 1 amide bonds. The molecule has 118 valence electrons. The molecule has 2 aromatic heterocycles. The molecular formula is C16H17N5O2. The summed E-state index contributed by atoms with van der Waals surface area (Å²) in [6.45, 7) is 1.33. The Kier molecular flexibility index (Phi) is 3.70. The fourth-order valence-electron chi connectivity index (χ4n) is 3.37. The van der Waals surface area contributed by atoms with Gasteiger partial charge in [-0.15, -0.1) is 0 Å². The van der Waals surface area contributed by atoms with Crippen LogP contribution in [0.3, 0.4) is 0 Å². The van der Waals surface area contributed by atoms with Crippen LogP contribution >= 0.6 is 0 Å². The zero-order valence-electron chi connectivity index (χ0n) is 12.6. The molecule has 2 aromatic rings. The van der Waals surface area contributed by atoms with Crippen molar-refractivity contribution in [1.29, 1.82) is 0 Å². The lowest BCUT2D eigenvalue weighted by atomic mass is 9.91. The molecule has 4 heterocycles. The lowest BCUT2D eigenvalue weighted by Gasteiger charge is -2.33. The number of carbonyl (C=O) groups excluding carboxylic acids is 1. The number of rotatable bonds is 2. The molecule has 2 aliphatic rings. The van der Waals surface area contributed by atoms with Crippen LogP contribution in [0.25, 0.3) is 0 Å². The van der Waals surface area contributed by atoms with Crippen molar-refractivity contribution in [1.82, 2.24) is 24.8 Å². The van der Waals surface area contributed by atoms with Crippen LogP contribution in [0.4, 0.5) is 0 Å². The van der Waals surface area contributed by atoms with Crippen LogP contribution in [-0.2, 0) is 4.74 Å². The van der Waals surface area contributed by atoms with Crippen LogP contribution in [0.15, 0.2) is 37.2 Å². The number of nitrogens with zero attached hydrogens (tertiary/aromatic N) is 5. The Hall–Kier alpha value is -2.41. The number of amides is 1. The third-order valence-corrected chi connectivity index (χ3v) is 4.56. The number of carbonyl (C=O) groups is 1. The summed E-state index contributed by atoms with van der Waals surface area (Å²) in [6, 6.07) is 1.89. The molecule has 0 aromatic carbocycles. The molecule has 2 saturated heterocycles. The maximum absolute atomic E-state index is 12.5. The summed E-state index contributed by atoms with van der Waals surface area (Å²) in [4.78, 5) is 30.6. The van der Waals surface area contributed by atoms with Gasteiger partial charge in [0.25, 0.3) is 5.91 Å². The van der Waals surface area contributed by atoms with E-state index in [9.17, 15) is 4.79 Å². The first kappa shape index (κ1) is 14.2. The lowest BCUT2D eigenvalue weighted by molar-refractivity contribution is -0.00582. The van der Waals surface area contributed by atoms with Gasteiger partial charge in [-0.05, 0) is 24.8 Å². The number of likely N-dealkylation sites (tertiary alicyclic amines) is 1. The van der Waals surface area contributed by atoms with E-state index in [0.29, 0.717) is 18.2 Å². The van der Waals surface area contributed by atoms with Gasteiger partial charge in [0.05, 0.1) is 18.0 Å². The molecule has 0 unspecified atom stereocenters. The van der Waals surface area contributed by atoms with Crippen LogP contribution in [0.5, 0.6) is 0 Å². The van der Waals surface area contributed by atoms with Gasteiger partial charge < -0.3 is 9.64 Å². The molecule has 0 radical (unpaired) electrons. The van der Waals surface area contributed by atoms with Crippen molar-refractivity contribution < 1.29 is 9.53 Å². The third-order valence-electron chi connectivity index (χ3n) is 4.56. The zero-order chi connectivity index (χ0) is 15.6. The van der Waals surface area contributed by atoms with Crippen molar-refractivity contribution in [2.45, 2.75) is 25.0 Å². The highest BCUT2D eigenvalue weighted by molar-refractivity contribution is 5.92. The Balaban J connectivity index is 1.45. The molecule has 0 bridgehead atoms. The minimum atomic E-state index is -0.0781. The quantitative estimate of drug-likeness (QED) is 0.830. The van der Waals surface area contributed by atoms with Crippen molar-refractivity contribution in [2.75, 3.05) is 13.1 Å². The molecule has 4 rings (SSSR count). The number of aromatic nitrogens is 4. The minimum Gasteiger partial charge on any atom is -0.367 e. The second-order valence-corrected chi connectivity index (χ2v) is 5.92. The standard InChI is InChI=1S/C16H17N5O2/c22-16(13-8-17-4-5-19-13)21-6-2-11-7-14(23-15(11)9-21)12-1-3-18-10-20-12/h1,3-5,8,10-11,14-15H,2,6-7,9H2/t11-,14+,15+/m0/s1. The van der Waals surface area contributed by atoms with Crippen LogP contribution < -0.4 is 0 Å². The normalized spacial score (nSPS) is 26.8. The number of hydrogen-bond donors (Lipinski definition) is 0. The fourth-order valence-corrected chi connectivity index (χ4v) is 3.37. The molecule has 0 spiro atoms. The van der Waals surface area contributed by atoms with Crippen LogP contribution in [0.1, 0.15) is 35.1 Å². The maximum Gasteiger partial charge on any atom is 0.274 e. The van der Waals surface area contributed by atoms with Crippen molar-refractivity contribution in [3.8, 4) is 0 Å².